The van der Waals surface area contributed by atoms with Gasteiger partial charge in [-0.25, -0.2) is 4.79 Å². The van der Waals surface area contributed by atoms with Crippen molar-refractivity contribution in [3.63, 3.8) is 0 Å². The summed E-state index contributed by atoms with van der Waals surface area (Å²) in [5, 5.41) is 14.3. The minimum atomic E-state index is -0.701. The first kappa shape index (κ1) is 14.4. The van der Waals surface area contributed by atoms with Crippen LogP contribution in [0.4, 0.5) is 4.79 Å². The van der Waals surface area contributed by atoms with Crippen molar-refractivity contribution in [3.8, 4) is 12.3 Å². The van der Waals surface area contributed by atoms with Crippen LogP contribution in [0.3, 0.4) is 0 Å². The molecular formula is C13H20N2O3. The summed E-state index contributed by atoms with van der Waals surface area (Å²) in [6, 6.07) is -0.203. The van der Waals surface area contributed by atoms with Crippen molar-refractivity contribution in [2.45, 2.75) is 32.1 Å². The molecule has 0 aromatic heterocycles. The molecule has 2 amide bonds. The van der Waals surface area contributed by atoms with Crippen molar-refractivity contribution < 1.29 is 14.7 Å². The lowest BCUT2D eigenvalue weighted by molar-refractivity contribution is -0.143. The van der Waals surface area contributed by atoms with Crippen LogP contribution >= 0.6 is 0 Å². The minimum Gasteiger partial charge on any atom is -0.481 e. The van der Waals surface area contributed by atoms with E-state index in [1.54, 1.807) is 0 Å². The van der Waals surface area contributed by atoms with Gasteiger partial charge in [-0.1, -0.05) is 0 Å². The first-order chi connectivity index (χ1) is 8.63. The maximum Gasteiger partial charge on any atom is 0.314 e. The number of carboxylic acids is 1. The molecule has 1 rings (SSSR count). The maximum atomic E-state index is 11.3. The second-order valence-electron chi connectivity index (χ2n) is 4.65. The third-order valence-corrected chi connectivity index (χ3v) is 3.30. The number of amides is 2. The molecule has 0 aliphatic heterocycles. The van der Waals surface area contributed by atoms with Crippen LogP contribution in [0.15, 0.2) is 0 Å². The van der Waals surface area contributed by atoms with Gasteiger partial charge in [-0.15, -0.1) is 12.3 Å². The molecular weight excluding hydrogens is 232 g/mol. The third kappa shape index (κ3) is 5.09. The van der Waals surface area contributed by atoms with Gasteiger partial charge in [0.25, 0.3) is 0 Å². The maximum absolute atomic E-state index is 11.3. The molecule has 0 atom stereocenters. The summed E-state index contributed by atoms with van der Waals surface area (Å²) < 4.78 is 0. The highest BCUT2D eigenvalue weighted by Crippen LogP contribution is 2.28. The van der Waals surface area contributed by atoms with Crippen molar-refractivity contribution in [1.82, 2.24) is 10.6 Å². The molecule has 1 fully saturated rings. The van der Waals surface area contributed by atoms with Gasteiger partial charge in [0, 0.05) is 19.5 Å². The average molecular weight is 252 g/mol. The standard InChI is InChI=1S/C13H20N2O3/c1-2-3-8-14-13(18)15-9-10-4-6-11(7-5-10)12(16)17/h1,10-11H,3-9H2,(H,16,17)(H2,14,15,18). The molecule has 100 valence electrons. The number of rotatable bonds is 5. The van der Waals surface area contributed by atoms with Crippen molar-refractivity contribution in [2.75, 3.05) is 13.1 Å². The zero-order chi connectivity index (χ0) is 13.4. The van der Waals surface area contributed by atoms with E-state index in [9.17, 15) is 9.59 Å². The quantitative estimate of drug-likeness (QED) is 0.508. The van der Waals surface area contributed by atoms with Crippen molar-refractivity contribution in [3.05, 3.63) is 0 Å². The largest absolute Gasteiger partial charge is 0.481 e. The van der Waals surface area contributed by atoms with E-state index >= 15 is 0 Å². The van der Waals surface area contributed by atoms with E-state index in [1.807, 2.05) is 0 Å². The van der Waals surface area contributed by atoms with Crippen LogP contribution in [0.2, 0.25) is 0 Å². The van der Waals surface area contributed by atoms with E-state index in [0.717, 1.165) is 12.8 Å². The fourth-order valence-electron chi connectivity index (χ4n) is 2.16. The van der Waals surface area contributed by atoms with Gasteiger partial charge in [-0.05, 0) is 31.6 Å². The second-order valence-corrected chi connectivity index (χ2v) is 4.65. The third-order valence-electron chi connectivity index (χ3n) is 3.30. The van der Waals surface area contributed by atoms with Gasteiger partial charge in [0.15, 0.2) is 0 Å². The number of carbonyl (C=O) groups is 2. The van der Waals surface area contributed by atoms with Gasteiger partial charge in [-0.3, -0.25) is 4.79 Å². The van der Waals surface area contributed by atoms with Gasteiger partial charge in [0.2, 0.25) is 0 Å². The van der Waals surface area contributed by atoms with E-state index < -0.39 is 5.97 Å². The Bertz CT molecular complexity index is 328. The van der Waals surface area contributed by atoms with Crippen molar-refractivity contribution in [2.24, 2.45) is 11.8 Å². The minimum absolute atomic E-state index is 0.203. The Morgan fingerprint density at radius 1 is 1.22 bits per heavy atom. The van der Waals surface area contributed by atoms with Crippen LogP contribution in [-0.2, 0) is 4.79 Å². The highest BCUT2D eigenvalue weighted by Gasteiger charge is 2.25. The predicted molar refractivity (Wildman–Crippen MR) is 67.9 cm³/mol. The molecule has 1 aliphatic rings. The van der Waals surface area contributed by atoms with Crippen LogP contribution in [-0.4, -0.2) is 30.2 Å². The summed E-state index contributed by atoms with van der Waals surface area (Å²) in [5.74, 6) is 1.93. The summed E-state index contributed by atoms with van der Waals surface area (Å²) in [7, 11) is 0. The van der Waals surface area contributed by atoms with E-state index in [2.05, 4.69) is 16.6 Å². The van der Waals surface area contributed by atoms with Crippen LogP contribution in [0.1, 0.15) is 32.1 Å². The lowest BCUT2D eigenvalue weighted by Gasteiger charge is -2.26. The molecule has 0 aromatic carbocycles. The van der Waals surface area contributed by atoms with E-state index in [0.29, 0.717) is 38.3 Å². The SMILES string of the molecule is C#CCCNC(=O)NCC1CCC(C(=O)O)CC1. The number of hydrogen-bond acceptors (Lipinski definition) is 2. The van der Waals surface area contributed by atoms with Gasteiger partial charge < -0.3 is 15.7 Å². The number of aliphatic carboxylic acids is 1. The number of carbonyl (C=O) groups excluding carboxylic acids is 1. The normalized spacial score (nSPS) is 22.8. The Labute approximate surface area is 107 Å². The molecule has 5 nitrogen and oxygen atoms in total. The average Bonchev–Trinajstić information content (AvgIpc) is 2.37. The molecule has 0 unspecified atom stereocenters. The molecule has 0 aromatic rings. The Morgan fingerprint density at radius 2 is 1.89 bits per heavy atom. The monoisotopic (exact) mass is 252 g/mol. The van der Waals surface area contributed by atoms with Gasteiger partial charge in [-0.2, -0.15) is 0 Å². The first-order valence-electron chi connectivity index (χ1n) is 6.31. The molecule has 3 N–H and O–H groups in total. The van der Waals surface area contributed by atoms with Gasteiger partial charge in [0.05, 0.1) is 5.92 Å². The Morgan fingerprint density at radius 3 is 2.44 bits per heavy atom. The van der Waals surface area contributed by atoms with E-state index in [4.69, 9.17) is 11.5 Å². The zero-order valence-corrected chi connectivity index (χ0v) is 10.4. The molecule has 5 heteroatoms. The van der Waals surface area contributed by atoms with Gasteiger partial charge >= 0.3 is 12.0 Å². The fourth-order valence-corrected chi connectivity index (χ4v) is 2.16. The van der Waals surface area contributed by atoms with Crippen molar-refractivity contribution >= 4 is 12.0 Å². The molecule has 18 heavy (non-hydrogen) atoms. The van der Waals surface area contributed by atoms with Crippen LogP contribution in [0.5, 0.6) is 0 Å². The lowest BCUT2D eigenvalue weighted by Crippen LogP contribution is -2.39. The molecule has 0 bridgehead atoms. The molecule has 0 spiro atoms. The van der Waals surface area contributed by atoms with Crippen LogP contribution in [0, 0.1) is 24.2 Å². The fraction of sp³-hybridized carbons (Fsp3) is 0.692. The topological polar surface area (TPSA) is 78.4 Å². The highest BCUT2D eigenvalue weighted by atomic mass is 16.4. The van der Waals surface area contributed by atoms with E-state index in [-0.39, 0.29) is 11.9 Å². The molecule has 1 saturated carbocycles. The Balaban J connectivity index is 2.12. The summed E-state index contributed by atoms with van der Waals surface area (Å²) in [6.07, 6.45) is 8.74. The summed E-state index contributed by atoms with van der Waals surface area (Å²) in [6.45, 7) is 1.09. The number of hydrogen-bond donors (Lipinski definition) is 3. The summed E-state index contributed by atoms with van der Waals surface area (Å²) in [5.41, 5.74) is 0. The molecule has 1 aliphatic carbocycles. The predicted octanol–water partition coefficient (Wildman–Crippen LogP) is 1.20. The highest BCUT2D eigenvalue weighted by molar-refractivity contribution is 5.73. The smallest absolute Gasteiger partial charge is 0.314 e. The summed E-state index contributed by atoms with van der Waals surface area (Å²) >= 11 is 0. The van der Waals surface area contributed by atoms with Gasteiger partial charge in [0.1, 0.15) is 0 Å². The number of carboxylic acid groups (broad SMARTS) is 1. The first-order valence-corrected chi connectivity index (χ1v) is 6.31. The Kier molecular flexibility index (Phi) is 6.06. The summed E-state index contributed by atoms with van der Waals surface area (Å²) in [4.78, 5) is 22.1. The number of urea groups is 1. The molecule has 0 radical (unpaired) electrons. The lowest BCUT2D eigenvalue weighted by atomic mass is 9.82. The van der Waals surface area contributed by atoms with Crippen molar-refractivity contribution in [1.29, 1.82) is 0 Å². The Hall–Kier alpha value is -1.70. The van der Waals surface area contributed by atoms with E-state index in [1.165, 1.54) is 0 Å². The molecule has 0 saturated heterocycles. The zero-order valence-electron chi connectivity index (χ0n) is 10.4. The second kappa shape index (κ2) is 7.59. The number of nitrogens with one attached hydrogen (secondary N) is 2. The van der Waals surface area contributed by atoms with Crippen LogP contribution < -0.4 is 10.6 Å². The van der Waals surface area contributed by atoms with Crippen LogP contribution in [0.25, 0.3) is 0 Å². The number of terminal acetylenes is 1. The molecule has 0 heterocycles.